The first-order chi connectivity index (χ1) is 6.77. The fourth-order valence-corrected chi connectivity index (χ4v) is 2.61. The number of hydrogen-bond acceptors (Lipinski definition) is 2. The molecule has 3 aliphatic rings. The monoisotopic (exact) mass is 192 g/mol. The topological polar surface area (TPSA) is 46.5 Å². The Labute approximate surface area is 82.1 Å². The lowest BCUT2D eigenvalue weighted by Gasteiger charge is -2.31. The van der Waals surface area contributed by atoms with E-state index in [4.69, 9.17) is 9.84 Å². The zero-order valence-corrected chi connectivity index (χ0v) is 7.72. The number of carbonyl (C=O) groups is 1. The second kappa shape index (κ2) is 2.70. The Morgan fingerprint density at radius 1 is 1.57 bits per heavy atom. The van der Waals surface area contributed by atoms with Gasteiger partial charge in [-0.15, -0.1) is 0 Å². The zero-order valence-electron chi connectivity index (χ0n) is 7.72. The Morgan fingerprint density at radius 2 is 2.43 bits per heavy atom. The fraction of sp³-hybridized carbons (Fsp3) is 0.545. The molecule has 1 N–H and O–H groups in total. The van der Waals surface area contributed by atoms with Crippen molar-refractivity contribution in [3.05, 3.63) is 23.8 Å². The Bertz CT molecular complexity index is 342. The van der Waals surface area contributed by atoms with Gasteiger partial charge in [0.25, 0.3) is 0 Å². The summed E-state index contributed by atoms with van der Waals surface area (Å²) in [7, 11) is 0. The summed E-state index contributed by atoms with van der Waals surface area (Å²) in [5, 5.41) is 8.99. The largest absolute Gasteiger partial charge is 0.478 e. The van der Waals surface area contributed by atoms with E-state index in [2.05, 4.69) is 6.08 Å². The lowest BCUT2D eigenvalue weighted by atomic mass is 9.85. The van der Waals surface area contributed by atoms with Crippen molar-refractivity contribution in [2.75, 3.05) is 6.61 Å². The van der Waals surface area contributed by atoms with Crippen LogP contribution in [0, 0.1) is 17.8 Å². The average Bonchev–Trinajstić information content (AvgIpc) is 2.95. The van der Waals surface area contributed by atoms with Gasteiger partial charge in [0.05, 0.1) is 18.3 Å². The van der Waals surface area contributed by atoms with E-state index >= 15 is 0 Å². The molecule has 1 aliphatic heterocycles. The van der Waals surface area contributed by atoms with E-state index in [1.807, 2.05) is 6.08 Å². The fourth-order valence-electron chi connectivity index (χ4n) is 2.61. The molecule has 4 atom stereocenters. The number of carboxylic acids is 1. The lowest BCUT2D eigenvalue weighted by molar-refractivity contribution is -0.135. The van der Waals surface area contributed by atoms with Gasteiger partial charge in [-0.25, -0.2) is 4.79 Å². The van der Waals surface area contributed by atoms with Gasteiger partial charge in [0, 0.05) is 5.92 Å². The predicted molar refractivity (Wildman–Crippen MR) is 49.7 cm³/mol. The molecule has 0 bridgehead atoms. The highest BCUT2D eigenvalue weighted by Crippen LogP contribution is 2.52. The third-order valence-corrected chi connectivity index (χ3v) is 3.47. The van der Waals surface area contributed by atoms with Crippen LogP contribution in [-0.4, -0.2) is 23.8 Å². The molecule has 0 spiro atoms. The summed E-state index contributed by atoms with van der Waals surface area (Å²) in [6.45, 7) is 0.740. The van der Waals surface area contributed by atoms with Crippen LogP contribution in [0.15, 0.2) is 23.8 Å². The van der Waals surface area contributed by atoms with Gasteiger partial charge < -0.3 is 9.84 Å². The summed E-state index contributed by atoms with van der Waals surface area (Å²) in [4.78, 5) is 10.9. The number of hydrogen-bond donors (Lipinski definition) is 1. The second-order valence-electron chi connectivity index (χ2n) is 4.30. The van der Waals surface area contributed by atoms with E-state index in [0.717, 1.165) is 6.61 Å². The number of allylic oxidation sites excluding steroid dienone is 2. The molecule has 3 rings (SSSR count). The van der Waals surface area contributed by atoms with E-state index in [9.17, 15) is 4.79 Å². The molecule has 0 radical (unpaired) electrons. The Hall–Kier alpha value is -1.09. The first kappa shape index (κ1) is 8.24. The maximum Gasteiger partial charge on any atom is 0.334 e. The minimum atomic E-state index is -0.844. The molecule has 14 heavy (non-hydrogen) atoms. The van der Waals surface area contributed by atoms with Crippen LogP contribution in [-0.2, 0) is 9.53 Å². The highest BCUT2D eigenvalue weighted by atomic mass is 16.5. The van der Waals surface area contributed by atoms with Crippen molar-refractivity contribution in [3.63, 3.8) is 0 Å². The van der Waals surface area contributed by atoms with Crippen LogP contribution in [0.3, 0.4) is 0 Å². The maximum atomic E-state index is 10.9. The quantitative estimate of drug-likeness (QED) is 0.679. The molecule has 74 valence electrons. The summed E-state index contributed by atoms with van der Waals surface area (Å²) in [5.74, 6) is 0.829. The zero-order chi connectivity index (χ0) is 9.71. The van der Waals surface area contributed by atoms with Crippen LogP contribution in [0.25, 0.3) is 0 Å². The molecule has 1 saturated heterocycles. The molecule has 0 aromatic rings. The second-order valence-corrected chi connectivity index (χ2v) is 4.30. The van der Waals surface area contributed by atoms with Crippen molar-refractivity contribution in [1.82, 2.24) is 0 Å². The summed E-state index contributed by atoms with van der Waals surface area (Å²) in [5.41, 5.74) is 0.419. The Balaban J connectivity index is 1.91. The van der Waals surface area contributed by atoms with E-state index in [0.29, 0.717) is 23.3 Å². The van der Waals surface area contributed by atoms with Gasteiger partial charge in [-0.1, -0.05) is 12.2 Å². The molecular formula is C11H12O3. The molecule has 3 nitrogen and oxygen atoms in total. The van der Waals surface area contributed by atoms with Gasteiger partial charge >= 0.3 is 5.97 Å². The van der Waals surface area contributed by atoms with Crippen LogP contribution < -0.4 is 0 Å². The highest BCUT2D eigenvalue weighted by Gasteiger charge is 2.51. The normalized spacial score (nSPS) is 43.6. The van der Waals surface area contributed by atoms with Crippen molar-refractivity contribution in [3.8, 4) is 0 Å². The van der Waals surface area contributed by atoms with Gasteiger partial charge in [0.1, 0.15) is 0 Å². The standard InChI is InChI=1S/C11H12O3/c12-11(13)8-3-1-2-7-9-4-6(9)5-14-10(7)8/h1-3,6-7,9-10H,4-5H2,(H,12,13). The SMILES string of the molecule is O=C(O)C1=CC=CC2C1OCC1CC12. The van der Waals surface area contributed by atoms with Gasteiger partial charge in [0.2, 0.25) is 0 Å². The first-order valence-corrected chi connectivity index (χ1v) is 5.00. The minimum Gasteiger partial charge on any atom is -0.478 e. The molecule has 2 aliphatic carbocycles. The van der Waals surface area contributed by atoms with Crippen LogP contribution in [0.4, 0.5) is 0 Å². The molecule has 0 aromatic heterocycles. The van der Waals surface area contributed by atoms with Gasteiger partial charge in [-0.2, -0.15) is 0 Å². The van der Waals surface area contributed by atoms with Gasteiger partial charge in [-0.05, 0) is 24.3 Å². The summed E-state index contributed by atoms with van der Waals surface area (Å²) >= 11 is 0. The van der Waals surface area contributed by atoms with Crippen molar-refractivity contribution < 1.29 is 14.6 Å². The third kappa shape index (κ3) is 1.05. The number of carboxylic acid groups (broad SMARTS) is 1. The molecule has 2 fully saturated rings. The molecule has 3 heteroatoms. The molecule has 1 saturated carbocycles. The predicted octanol–water partition coefficient (Wildman–Crippen LogP) is 1.22. The van der Waals surface area contributed by atoms with Crippen LogP contribution >= 0.6 is 0 Å². The van der Waals surface area contributed by atoms with Gasteiger partial charge in [0.15, 0.2) is 0 Å². The number of aliphatic carboxylic acids is 1. The van der Waals surface area contributed by atoms with E-state index in [1.165, 1.54) is 6.42 Å². The Kier molecular flexibility index (Phi) is 1.59. The van der Waals surface area contributed by atoms with E-state index in [-0.39, 0.29) is 6.10 Å². The molecule has 0 aromatic carbocycles. The first-order valence-electron chi connectivity index (χ1n) is 5.00. The van der Waals surface area contributed by atoms with Crippen molar-refractivity contribution in [2.45, 2.75) is 12.5 Å². The van der Waals surface area contributed by atoms with E-state index in [1.54, 1.807) is 6.08 Å². The summed E-state index contributed by atoms with van der Waals surface area (Å²) < 4.78 is 5.61. The van der Waals surface area contributed by atoms with Crippen LogP contribution in [0.1, 0.15) is 6.42 Å². The summed E-state index contributed by atoms with van der Waals surface area (Å²) in [6, 6.07) is 0. The molecule has 4 unspecified atom stereocenters. The van der Waals surface area contributed by atoms with Crippen LogP contribution in [0.5, 0.6) is 0 Å². The van der Waals surface area contributed by atoms with Crippen molar-refractivity contribution >= 4 is 5.97 Å². The average molecular weight is 192 g/mol. The maximum absolute atomic E-state index is 10.9. The van der Waals surface area contributed by atoms with Crippen molar-refractivity contribution in [1.29, 1.82) is 0 Å². The molecule has 0 amide bonds. The number of rotatable bonds is 1. The summed E-state index contributed by atoms with van der Waals surface area (Å²) in [6.07, 6.45) is 6.63. The number of fused-ring (bicyclic) bond motifs is 3. The van der Waals surface area contributed by atoms with E-state index < -0.39 is 5.97 Å². The van der Waals surface area contributed by atoms with Gasteiger partial charge in [-0.3, -0.25) is 0 Å². The number of ether oxygens (including phenoxy) is 1. The Morgan fingerprint density at radius 3 is 3.21 bits per heavy atom. The highest BCUT2D eigenvalue weighted by molar-refractivity contribution is 5.88. The third-order valence-electron chi connectivity index (χ3n) is 3.47. The molecular weight excluding hydrogens is 180 g/mol. The smallest absolute Gasteiger partial charge is 0.334 e. The minimum absolute atomic E-state index is 0.193. The van der Waals surface area contributed by atoms with Crippen LogP contribution in [0.2, 0.25) is 0 Å². The lowest BCUT2D eigenvalue weighted by Crippen LogP contribution is -2.36. The van der Waals surface area contributed by atoms with Crippen molar-refractivity contribution in [2.24, 2.45) is 17.8 Å². The molecule has 1 heterocycles.